The number of hydrogen-bond donors (Lipinski definition) is 2. The first kappa shape index (κ1) is 15.7. The monoisotopic (exact) mass is 318 g/mol. The van der Waals surface area contributed by atoms with Gasteiger partial charge in [0.25, 0.3) is 5.56 Å². The maximum Gasteiger partial charge on any atom is 0.272 e. The van der Waals surface area contributed by atoms with Gasteiger partial charge in [0, 0.05) is 28.9 Å². The van der Waals surface area contributed by atoms with Gasteiger partial charge in [-0.25, -0.2) is 0 Å². The van der Waals surface area contributed by atoms with Crippen molar-refractivity contribution in [2.75, 3.05) is 0 Å². The summed E-state index contributed by atoms with van der Waals surface area (Å²) in [6.45, 7) is 3.93. The number of nitrogens with one attached hydrogen (secondary N) is 2. The summed E-state index contributed by atoms with van der Waals surface area (Å²) in [5.41, 5.74) is 3.32. The molecule has 3 rings (SSSR count). The third kappa shape index (κ3) is 2.74. The molecule has 120 valence electrons. The van der Waals surface area contributed by atoms with Gasteiger partial charge in [-0.1, -0.05) is 36.4 Å². The summed E-state index contributed by atoms with van der Waals surface area (Å²) in [5, 5.41) is 0.633. The molecule has 3 aromatic rings. The molecule has 0 saturated heterocycles. The molecular formula is C20H18N2O2. The number of rotatable bonds is 4. The summed E-state index contributed by atoms with van der Waals surface area (Å²) >= 11 is 0. The number of pyridine rings is 1. The molecule has 2 aromatic heterocycles. The highest BCUT2D eigenvalue weighted by atomic mass is 16.1. The fraction of sp³-hybridized carbons (Fsp3) is 0.100. The Balaban J connectivity index is 2.07. The van der Waals surface area contributed by atoms with E-state index in [-0.39, 0.29) is 11.3 Å². The van der Waals surface area contributed by atoms with Crippen molar-refractivity contribution in [3.8, 4) is 0 Å². The van der Waals surface area contributed by atoms with E-state index in [2.05, 4.69) is 9.97 Å². The highest BCUT2D eigenvalue weighted by Crippen LogP contribution is 2.22. The Labute approximate surface area is 139 Å². The van der Waals surface area contributed by atoms with Crippen LogP contribution in [-0.2, 0) is 0 Å². The van der Waals surface area contributed by atoms with E-state index in [0.717, 1.165) is 11.1 Å². The topological polar surface area (TPSA) is 65.7 Å². The van der Waals surface area contributed by atoms with Crippen LogP contribution in [0.15, 0.2) is 65.7 Å². The zero-order chi connectivity index (χ0) is 17.1. The maximum absolute atomic E-state index is 12.9. The molecule has 0 radical (unpaired) electrons. The number of H-pyrrole nitrogens is 2. The third-order valence-corrected chi connectivity index (χ3v) is 3.97. The Bertz CT molecular complexity index is 1020. The predicted octanol–water partition coefficient (Wildman–Crippen LogP) is 4.07. The summed E-state index contributed by atoms with van der Waals surface area (Å²) < 4.78 is 0. The Hall–Kier alpha value is -3.14. The summed E-state index contributed by atoms with van der Waals surface area (Å²) in [6, 6.07) is 9.26. The van der Waals surface area contributed by atoms with Crippen molar-refractivity contribution in [1.82, 2.24) is 9.97 Å². The van der Waals surface area contributed by atoms with Crippen molar-refractivity contribution in [3.05, 3.63) is 88.0 Å². The molecule has 4 nitrogen and oxygen atoms in total. The zero-order valence-electron chi connectivity index (χ0n) is 13.6. The van der Waals surface area contributed by atoms with Crippen LogP contribution in [0.4, 0.5) is 0 Å². The second-order valence-corrected chi connectivity index (χ2v) is 5.45. The lowest BCUT2D eigenvalue weighted by Crippen LogP contribution is -2.05. The number of fused-ring (bicyclic) bond motifs is 1. The van der Waals surface area contributed by atoms with E-state index in [1.807, 2.05) is 50.3 Å². The normalized spacial score (nSPS) is 12.2. The van der Waals surface area contributed by atoms with Gasteiger partial charge in [0.2, 0.25) is 0 Å². The van der Waals surface area contributed by atoms with E-state index < -0.39 is 0 Å². The molecule has 0 unspecified atom stereocenters. The third-order valence-electron chi connectivity index (χ3n) is 3.97. The summed E-state index contributed by atoms with van der Waals surface area (Å²) in [4.78, 5) is 30.2. The van der Waals surface area contributed by atoms with E-state index in [9.17, 15) is 9.59 Å². The number of hydrogen-bond acceptors (Lipinski definition) is 2. The highest BCUT2D eigenvalue weighted by Gasteiger charge is 2.16. The zero-order valence-corrected chi connectivity index (χ0v) is 13.6. The highest BCUT2D eigenvalue weighted by molar-refractivity contribution is 6.16. The van der Waals surface area contributed by atoms with Gasteiger partial charge in [-0.15, -0.1) is 0 Å². The smallest absolute Gasteiger partial charge is 0.272 e. The van der Waals surface area contributed by atoms with E-state index in [0.29, 0.717) is 22.0 Å². The first-order valence-corrected chi connectivity index (χ1v) is 7.78. The Kier molecular flexibility index (Phi) is 4.29. The Morgan fingerprint density at radius 2 is 1.88 bits per heavy atom. The molecule has 0 aliphatic carbocycles. The number of allylic oxidation sites excluding steroid dienone is 4. The van der Waals surface area contributed by atoms with Crippen LogP contribution >= 0.6 is 0 Å². The Morgan fingerprint density at radius 3 is 2.62 bits per heavy atom. The minimum Gasteiger partial charge on any atom is -0.356 e. The van der Waals surface area contributed by atoms with Gasteiger partial charge in [0.1, 0.15) is 5.52 Å². The second kappa shape index (κ2) is 6.54. The van der Waals surface area contributed by atoms with E-state index >= 15 is 0 Å². The van der Waals surface area contributed by atoms with E-state index in [4.69, 9.17) is 0 Å². The lowest BCUT2D eigenvalue weighted by atomic mass is 9.98. The van der Waals surface area contributed by atoms with Crippen molar-refractivity contribution >= 4 is 22.3 Å². The number of aromatic amines is 2. The van der Waals surface area contributed by atoms with Gasteiger partial charge in [-0.3, -0.25) is 9.59 Å². The molecule has 0 bridgehead atoms. The fourth-order valence-electron chi connectivity index (χ4n) is 2.79. The molecule has 0 spiro atoms. The summed E-state index contributed by atoms with van der Waals surface area (Å²) in [6.07, 6.45) is 9.13. The lowest BCUT2D eigenvalue weighted by Gasteiger charge is -2.05. The van der Waals surface area contributed by atoms with Crippen LogP contribution in [0, 0.1) is 0 Å². The van der Waals surface area contributed by atoms with Gasteiger partial charge in [-0.2, -0.15) is 0 Å². The minimum absolute atomic E-state index is 0.107. The number of benzene rings is 1. The second-order valence-electron chi connectivity index (χ2n) is 5.45. The molecule has 2 N–H and O–H groups in total. The van der Waals surface area contributed by atoms with Crippen LogP contribution in [0.2, 0.25) is 0 Å². The molecule has 0 aliphatic rings. The minimum atomic E-state index is -0.232. The number of carbonyl (C=O) groups is 1. The van der Waals surface area contributed by atoms with Crippen LogP contribution < -0.4 is 5.56 Å². The fourth-order valence-corrected chi connectivity index (χ4v) is 2.79. The number of aromatic nitrogens is 2. The molecular weight excluding hydrogens is 300 g/mol. The number of ketones is 1. The van der Waals surface area contributed by atoms with Crippen LogP contribution in [0.3, 0.4) is 0 Å². The molecule has 0 fully saturated rings. The van der Waals surface area contributed by atoms with Crippen LogP contribution in [0.1, 0.15) is 35.3 Å². The van der Waals surface area contributed by atoms with E-state index in [1.165, 1.54) is 0 Å². The van der Waals surface area contributed by atoms with Crippen molar-refractivity contribution in [2.24, 2.45) is 0 Å². The summed E-state index contributed by atoms with van der Waals surface area (Å²) in [5.74, 6) is -0.107. The van der Waals surface area contributed by atoms with Crippen molar-refractivity contribution in [2.45, 2.75) is 13.8 Å². The lowest BCUT2D eigenvalue weighted by molar-refractivity contribution is 0.104. The van der Waals surface area contributed by atoms with Crippen molar-refractivity contribution in [3.63, 3.8) is 0 Å². The van der Waals surface area contributed by atoms with Gasteiger partial charge in [0.15, 0.2) is 5.78 Å². The molecule has 0 amide bonds. The first-order chi connectivity index (χ1) is 11.7. The Morgan fingerprint density at radius 1 is 1.08 bits per heavy atom. The van der Waals surface area contributed by atoms with E-state index in [1.54, 1.807) is 24.5 Å². The average Bonchev–Trinajstić information content (AvgIpc) is 3.04. The molecule has 1 aromatic carbocycles. The van der Waals surface area contributed by atoms with Crippen LogP contribution in [0.25, 0.3) is 16.5 Å². The quantitative estimate of drug-likeness (QED) is 0.562. The van der Waals surface area contributed by atoms with Crippen LogP contribution in [0.5, 0.6) is 0 Å². The van der Waals surface area contributed by atoms with Crippen molar-refractivity contribution < 1.29 is 4.79 Å². The van der Waals surface area contributed by atoms with Gasteiger partial charge in [0.05, 0.1) is 0 Å². The molecule has 0 atom stereocenters. The average molecular weight is 318 g/mol. The molecule has 0 aliphatic heterocycles. The number of carbonyl (C=O) groups excluding carboxylic acids is 1. The van der Waals surface area contributed by atoms with Gasteiger partial charge < -0.3 is 9.97 Å². The molecule has 4 heteroatoms. The standard InChI is InChI=1S/C20H18N2O2/c1-3-6-13(4-2)14-7-5-8-15(11-14)19(23)17-12-22-18-16(17)9-10-21-20(18)24/h3-12,22H,1-2H3,(H,21,24)/b6-3-,13-4+. The van der Waals surface area contributed by atoms with Crippen LogP contribution in [-0.4, -0.2) is 15.8 Å². The molecule has 24 heavy (non-hydrogen) atoms. The maximum atomic E-state index is 12.9. The van der Waals surface area contributed by atoms with Gasteiger partial charge in [-0.05, 0) is 37.1 Å². The predicted molar refractivity (Wildman–Crippen MR) is 97.3 cm³/mol. The van der Waals surface area contributed by atoms with Crippen molar-refractivity contribution in [1.29, 1.82) is 0 Å². The van der Waals surface area contributed by atoms with Gasteiger partial charge >= 0.3 is 0 Å². The molecule has 2 heterocycles. The first-order valence-electron chi connectivity index (χ1n) is 7.78. The largest absolute Gasteiger partial charge is 0.356 e. The summed E-state index contributed by atoms with van der Waals surface area (Å²) in [7, 11) is 0. The SMILES string of the molecule is C/C=C\C(=C/C)c1cccc(C(=O)c2c[nH]c3c(=O)[nH]ccc23)c1. The molecule has 0 saturated carbocycles.